The molecule has 1 aromatic rings. The molecular formula is C13H18N2O3. The summed E-state index contributed by atoms with van der Waals surface area (Å²) in [4.78, 5) is 14.0. The number of phenolic OH excluding ortho intramolecular Hbond substituents is 1. The van der Waals surface area contributed by atoms with Gasteiger partial charge in [-0.25, -0.2) is 0 Å². The van der Waals surface area contributed by atoms with Crippen LogP contribution in [0.1, 0.15) is 10.4 Å². The Morgan fingerprint density at radius 2 is 2.44 bits per heavy atom. The van der Waals surface area contributed by atoms with Crippen LogP contribution in [0.15, 0.2) is 24.3 Å². The van der Waals surface area contributed by atoms with Gasteiger partial charge in [-0.1, -0.05) is 6.07 Å². The van der Waals surface area contributed by atoms with E-state index in [1.807, 2.05) is 7.05 Å². The van der Waals surface area contributed by atoms with Gasteiger partial charge < -0.3 is 20.1 Å². The second-order valence-corrected chi connectivity index (χ2v) is 4.35. The highest BCUT2D eigenvalue weighted by Gasteiger charge is 2.24. The van der Waals surface area contributed by atoms with E-state index >= 15 is 0 Å². The van der Waals surface area contributed by atoms with E-state index in [1.165, 1.54) is 6.07 Å². The quantitative estimate of drug-likeness (QED) is 0.818. The Morgan fingerprint density at radius 1 is 1.61 bits per heavy atom. The van der Waals surface area contributed by atoms with Crippen LogP contribution in [-0.4, -0.2) is 55.3 Å². The smallest absolute Gasteiger partial charge is 0.254 e. The van der Waals surface area contributed by atoms with Crippen LogP contribution in [0.3, 0.4) is 0 Å². The van der Waals surface area contributed by atoms with E-state index in [1.54, 1.807) is 23.1 Å². The normalized spacial score (nSPS) is 19.8. The second-order valence-electron chi connectivity index (χ2n) is 4.35. The molecule has 1 aliphatic heterocycles. The molecular weight excluding hydrogens is 232 g/mol. The molecule has 5 nitrogen and oxygen atoms in total. The molecule has 0 bridgehead atoms. The van der Waals surface area contributed by atoms with Gasteiger partial charge in [0, 0.05) is 25.2 Å². The Labute approximate surface area is 106 Å². The summed E-state index contributed by atoms with van der Waals surface area (Å²) in [6, 6.07) is 6.43. The lowest BCUT2D eigenvalue weighted by Crippen LogP contribution is -2.48. The van der Waals surface area contributed by atoms with Gasteiger partial charge in [0.1, 0.15) is 5.75 Å². The Balaban J connectivity index is 2.04. The zero-order valence-electron chi connectivity index (χ0n) is 10.4. The lowest BCUT2D eigenvalue weighted by molar-refractivity contribution is -0.0196. The number of benzene rings is 1. The Morgan fingerprint density at radius 3 is 3.17 bits per heavy atom. The van der Waals surface area contributed by atoms with Gasteiger partial charge in [-0.3, -0.25) is 4.79 Å². The Bertz CT molecular complexity index is 420. The maximum absolute atomic E-state index is 12.2. The van der Waals surface area contributed by atoms with E-state index in [2.05, 4.69) is 5.32 Å². The maximum atomic E-state index is 12.2. The van der Waals surface area contributed by atoms with E-state index < -0.39 is 0 Å². The number of nitrogens with one attached hydrogen (secondary N) is 1. The summed E-state index contributed by atoms with van der Waals surface area (Å²) in [5.41, 5.74) is 0.514. The van der Waals surface area contributed by atoms with Crippen LogP contribution in [0.25, 0.3) is 0 Å². The summed E-state index contributed by atoms with van der Waals surface area (Å²) >= 11 is 0. The van der Waals surface area contributed by atoms with Crippen molar-refractivity contribution in [2.45, 2.75) is 6.10 Å². The first-order chi connectivity index (χ1) is 8.70. The summed E-state index contributed by atoms with van der Waals surface area (Å²) in [7, 11) is 1.86. The summed E-state index contributed by atoms with van der Waals surface area (Å²) in [6.45, 7) is 2.45. The molecule has 1 aliphatic rings. The average Bonchev–Trinajstić information content (AvgIpc) is 2.39. The van der Waals surface area contributed by atoms with Gasteiger partial charge >= 0.3 is 0 Å². The highest BCUT2D eigenvalue weighted by atomic mass is 16.5. The van der Waals surface area contributed by atoms with Crippen molar-refractivity contribution in [1.29, 1.82) is 0 Å². The van der Waals surface area contributed by atoms with E-state index in [4.69, 9.17) is 4.74 Å². The number of hydrogen-bond donors (Lipinski definition) is 2. The van der Waals surface area contributed by atoms with Crippen LogP contribution in [0, 0.1) is 0 Å². The monoisotopic (exact) mass is 250 g/mol. The number of nitrogens with zero attached hydrogens (tertiary/aromatic N) is 1. The molecule has 0 radical (unpaired) electrons. The summed E-state index contributed by atoms with van der Waals surface area (Å²) < 4.78 is 5.55. The predicted octanol–water partition coefficient (Wildman–Crippen LogP) is 0.453. The van der Waals surface area contributed by atoms with Crippen LogP contribution in [0.4, 0.5) is 0 Å². The minimum Gasteiger partial charge on any atom is -0.508 e. The first-order valence-electron chi connectivity index (χ1n) is 6.05. The number of carbonyl (C=O) groups excluding carboxylic acids is 1. The highest BCUT2D eigenvalue weighted by Crippen LogP contribution is 2.15. The van der Waals surface area contributed by atoms with Gasteiger partial charge in [0.25, 0.3) is 5.91 Å². The molecule has 5 heteroatoms. The molecule has 98 valence electrons. The van der Waals surface area contributed by atoms with E-state index in [0.717, 1.165) is 6.54 Å². The number of hydrogen-bond acceptors (Lipinski definition) is 4. The molecule has 2 rings (SSSR count). The second kappa shape index (κ2) is 5.84. The van der Waals surface area contributed by atoms with Crippen molar-refractivity contribution in [2.75, 3.05) is 33.3 Å². The van der Waals surface area contributed by atoms with Gasteiger partial charge in [0.05, 0.1) is 12.7 Å². The molecule has 18 heavy (non-hydrogen) atoms. The third-order valence-corrected chi connectivity index (χ3v) is 2.95. The van der Waals surface area contributed by atoms with Crippen molar-refractivity contribution in [3.05, 3.63) is 29.8 Å². The number of aromatic hydroxyl groups is 1. The zero-order valence-corrected chi connectivity index (χ0v) is 10.4. The SMILES string of the molecule is CNCC1CN(C(=O)c2cccc(O)c2)CCO1. The van der Waals surface area contributed by atoms with Crippen molar-refractivity contribution >= 4 is 5.91 Å². The minimum atomic E-state index is -0.0599. The van der Waals surface area contributed by atoms with Crippen molar-refractivity contribution in [3.8, 4) is 5.75 Å². The predicted molar refractivity (Wildman–Crippen MR) is 67.7 cm³/mol. The number of likely N-dealkylation sites (N-methyl/N-ethyl adjacent to an activating group) is 1. The first-order valence-corrected chi connectivity index (χ1v) is 6.05. The summed E-state index contributed by atoms with van der Waals surface area (Å²) in [5, 5.41) is 12.4. The first kappa shape index (κ1) is 12.9. The van der Waals surface area contributed by atoms with E-state index in [9.17, 15) is 9.90 Å². The summed E-state index contributed by atoms with van der Waals surface area (Å²) in [5.74, 6) is 0.0520. The zero-order chi connectivity index (χ0) is 13.0. The van der Waals surface area contributed by atoms with Gasteiger partial charge in [-0.05, 0) is 25.2 Å². The molecule has 1 amide bonds. The fourth-order valence-corrected chi connectivity index (χ4v) is 2.08. The number of ether oxygens (including phenoxy) is 1. The van der Waals surface area contributed by atoms with Crippen LogP contribution < -0.4 is 5.32 Å². The van der Waals surface area contributed by atoms with Crippen LogP contribution >= 0.6 is 0 Å². The largest absolute Gasteiger partial charge is 0.508 e. The fourth-order valence-electron chi connectivity index (χ4n) is 2.08. The molecule has 1 fully saturated rings. The number of phenols is 1. The molecule has 1 unspecified atom stereocenters. The van der Waals surface area contributed by atoms with Gasteiger partial charge in [0.2, 0.25) is 0 Å². The maximum Gasteiger partial charge on any atom is 0.254 e. The molecule has 0 saturated carbocycles. The van der Waals surface area contributed by atoms with Crippen molar-refractivity contribution in [1.82, 2.24) is 10.2 Å². The third kappa shape index (κ3) is 3.00. The molecule has 1 aromatic carbocycles. The van der Waals surface area contributed by atoms with Crippen molar-refractivity contribution in [2.24, 2.45) is 0 Å². The number of morpholine rings is 1. The molecule has 0 aliphatic carbocycles. The van der Waals surface area contributed by atoms with Gasteiger partial charge in [-0.15, -0.1) is 0 Å². The standard InChI is InChI=1S/C13H18N2O3/c1-14-8-12-9-15(5-6-18-12)13(17)10-3-2-4-11(16)7-10/h2-4,7,12,14,16H,5-6,8-9H2,1H3. The minimum absolute atomic E-state index is 0.0324. The Hall–Kier alpha value is -1.59. The third-order valence-electron chi connectivity index (χ3n) is 2.95. The lowest BCUT2D eigenvalue weighted by atomic mass is 10.1. The Kier molecular flexibility index (Phi) is 4.17. The highest BCUT2D eigenvalue weighted by molar-refractivity contribution is 5.94. The van der Waals surface area contributed by atoms with Crippen LogP contribution in [0.5, 0.6) is 5.75 Å². The van der Waals surface area contributed by atoms with E-state index in [-0.39, 0.29) is 17.8 Å². The van der Waals surface area contributed by atoms with Crippen LogP contribution in [0.2, 0.25) is 0 Å². The molecule has 1 atom stereocenters. The van der Waals surface area contributed by atoms with Crippen molar-refractivity contribution in [3.63, 3.8) is 0 Å². The van der Waals surface area contributed by atoms with Gasteiger partial charge in [-0.2, -0.15) is 0 Å². The molecule has 0 spiro atoms. The van der Waals surface area contributed by atoms with E-state index in [0.29, 0.717) is 25.3 Å². The molecule has 0 aromatic heterocycles. The summed E-state index contributed by atoms with van der Waals surface area (Å²) in [6.07, 6.45) is 0.0324. The number of carbonyl (C=O) groups is 1. The lowest BCUT2D eigenvalue weighted by Gasteiger charge is -2.33. The van der Waals surface area contributed by atoms with Crippen molar-refractivity contribution < 1.29 is 14.6 Å². The molecule has 1 saturated heterocycles. The molecule has 1 heterocycles. The topological polar surface area (TPSA) is 61.8 Å². The number of rotatable bonds is 3. The molecule has 2 N–H and O–H groups in total. The van der Waals surface area contributed by atoms with Gasteiger partial charge in [0.15, 0.2) is 0 Å². The fraction of sp³-hybridized carbons (Fsp3) is 0.462. The van der Waals surface area contributed by atoms with Crippen LogP contribution in [-0.2, 0) is 4.74 Å². The number of amides is 1. The average molecular weight is 250 g/mol.